The van der Waals surface area contributed by atoms with Gasteiger partial charge in [-0.1, -0.05) is 29.3 Å². The van der Waals surface area contributed by atoms with Crippen molar-refractivity contribution in [2.75, 3.05) is 20.2 Å². The molecule has 4 nitrogen and oxygen atoms in total. The number of halogens is 2. The minimum absolute atomic E-state index is 0.341. The van der Waals surface area contributed by atoms with Crippen LogP contribution in [0.15, 0.2) is 41.5 Å². The summed E-state index contributed by atoms with van der Waals surface area (Å²) in [7, 11) is 1.63. The van der Waals surface area contributed by atoms with Gasteiger partial charge in [0.05, 0.1) is 13.3 Å². The number of piperidine rings is 1. The molecule has 1 aliphatic rings. The Kier molecular flexibility index (Phi) is 6.64. The van der Waals surface area contributed by atoms with Crippen molar-refractivity contribution in [3.05, 3.63) is 57.6 Å². The molecule has 0 N–H and O–H groups in total. The van der Waals surface area contributed by atoms with Crippen molar-refractivity contribution in [3.8, 4) is 11.5 Å². The van der Waals surface area contributed by atoms with Crippen molar-refractivity contribution < 1.29 is 9.47 Å². The maximum absolute atomic E-state index is 6.19. The predicted octanol–water partition coefficient (Wildman–Crippen LogP) is 5.40. The lowest BCUT2D eigenvalue weighted by atomic mass is 10.2. The molecule has 0 unspecified atom stereocenters. The molecular formula is C20H22Cl2N2O2. The number of hydrogen-bond donors (Lipinski definition) is 0. The first-order chi connectivity index (χ1) is 12.7. The lowest BCUT2D eigenvalue weighted by Gasteiger charge is -2.23. The highest BCUT2D eigenvalue weighted by molar-refractivity contribution is 6.35. The molecule has 6 heteroatoms. The van der Waals surface area contributed by atoms with E-state index in [2.05, 4.69) is 10.1 Å². The van der Waals surface area contributed by atoms with E-state index in [0.717, 1.165) is 24.2 Å². The van der Waals surface area contributed by atoms with Crippen LogP contribution in [0, 0.1) is 0 Å². The summed E-state index contributed by atoms with van der Waals surface area (Å²) in [5.41, 5.74) is 1.85. The summed E-state index contributed by atoms with van der Waals surface area (Å²) in [6.07, 6.45) is 5.58. The average molecular weight is 393 g/mol. The largest absolute Gasteiger partial charge is 0.493 e. The molecule has 0 atom stereocenters. The van der Waals surface area contributed by atoms with E-state index in [1.165, 1.54) is 19.3 Å². The second-order valence-corrected chi connectivity index (χ2v) is 7.04. The zero-order valence-electron chi connectivity index (χ0n) is 14.8. The van der Waals surface area contributed by atoms with E-state index in [4.69, 9.17) is 32.7 Å². The van der Waals surface area contributed by atoms with Crippen LogP contribution in [0.4, 0.5) is 0 Å². The SMILES string of the molecule is COc1cc(/C=N\N2CCCCC2)ccc1OCc1ccc(Cl)cc1Cl. The zero-order chi connectivity index (χ0) is 18.4. The van der Waals surface area contributed by atoms with Gasteiger partial charge < -0.3 is 9.47 Å². The molecule has 1 saturated heterocycles. The molecule has 0 aliphatic carbocycles. The van der Waals surface area contributed by atoms with E-state index in [0.29, 0.717) is 28.2 Å². The Bertz CT molecular complexity index is 774. The first-order valence-electron chi connectivity index (χ1n) is 8.69. The molecule has 0 saturated carbocycles. The van der Waals surface area contributed by atoms with Crippen LogP contribution < -0.4 is 9.47 Å². The van der Waals surface area contributed by atoms with Gasteiger partial charge in [0.15, 0.2) is 11.5 Å². The molecule has 26 heavy (non-hydrogen) atoms. The Morgan fingerprint density at radius 1 is 1.04 bits per heavy atom. The minimum Gasteiger partial charge on any atom is -0.493 e. The van der Waals surface area contributed by atoms with Gasteiger partial charge in [0.25, 0.3) is 0 Å². The molecule has 3 rings (SSSR count). The topological polar surface area (TPSA) is 34.1 Å². The van der Waals surface area contributed by atoms with Gasteiger partial charge in [0.2, 0.25) is 0 Å². The van der Waals surface area contributed by atoms with Crippen LogP contribution in [-0.4, -0.2) is 31.4 Å². The van der Waals surface area contributed by atoms with Crippen molar-refractivity contribution in [2.45, 2.75) is 25.9 Å². The van der Waals surface area contributed by atoms with Crippen molar-refractivity contribution in [2.24, 2.45) is 5.10 Å². The fourth-order valence-corrected chi connectivity index (χ4v) is 3.28. The molecule has 0 aromatic heterocycles. The quantitative estimate of drug-likeness (QED) is 0.617. The van der Waals surface area contributed by atoms with Crippen LogP contribution in [0.2, 0.25) is 10.0 Å². The summed E-state index contributed by atoms with van der Waals surface area (Å²) >= 11 is 12.1. The summed E-state index contributed by atoms with van der Waals surface area (Å²) < 4.78 is 11.3. The molecule has 1 fully saturated rings. The standard InChI is InChI=1S/C20H22Cl2N2O2/c1-25-20-11-15(13-23-24-9-3-2-4-10-24)5-8-19(20)26-14-16-6-7-17(21)12-18(16)22/h5-8,11-13H,2-4,9-10,14H2,1H3/b23-13-. The molecule has 0 radical (unpaired) electrons. The van der Waals surface area contributed by atoms with Crippen molar-refractivity contribution in [1.82, 2.24) is 5.01 Å². The van der Waals surface area contributed by atoms with Crippen molar-refractivity contribution in [1.29, 1.82) is 0 Å². The lowest BCUT2D eigenvalue weighted by molar-refractivity contribution is 0.240. The second-order valence-electron chi connectivity index (χ2n) is 6.19. The van der Waals surface area contributed by atoms with Gasteiger partial charge >= 0.3 is 0 Å². The Morgan fingerprint density at radius 2 is 1.85 bits per heavy atom. The third kappa shape index (κ3) is 5.05. The Labute approximate surface area is 164 Å². The molecule has 138 valence electrons. The van der Waals surface area contributed by atoms with Gasteiger partial charge in [0, 0.05) is 28.7 Å². The van der Waals surface area contributed by atoms with Crippen LogP contribution in [0.1, 0.15) is 30.4 Å². The maximum atomic E-state index is 6.19. The Balaban J connectivity index is 1.67. The molecule has 0 bridgehead atoms. The minimum atomic E-state index is 0.341. The first-order valence-corrected chi connectivity index (χ1v) is 9.45. The van der Waals surface area contributed by atoms with Gasteiger partial charge in [-0.3, -0.25) is 5.01 Å². The summed E-state index contributed by atoms with van der Waals surface area (Å²) in [5, 5.41) is 7.86. The van der Waals surface area contributed by atoms with Crippen LogP contribution in [-0.2, 0) is 6.61 Å². The third-order valence-electron chi connectivity index (χ3n) is 4.29. The summed E-state index contributed by atoms with van der Waals surface area (Å²) in [6, 6.07) is 11.1. The van der Waals surface area contributed by atoms with Gasteiger partial charge in [0.1, 0.15) is 6.61 Å². The molecule has 1 aliphatic heterocycles. The van der Waals surface area contributed by atoms with E-state index in [1.54, 1.807) is 19.2 Å². The summed E-state index contributed by atoms with van der Waals surface area (Å²) in [4.78, 5) is 0. The number of hydrazone groups is 1. The highest BCUT2D eigenvalue weighted by Gasteiger charge is 2.09. The van der Waals surface area contributed by atoms with Crippen LogP contribution in [0.3, 0.4) is 0 Å². The fraction of sp³-hybridized carbons (Fsp3) is 0.350. The fourth-order valence-electron chi connectivity index (χ4n) is 2.82. The predicted molar refractivity (Wildman–Crippen MR) is 107 cm³/mol. The first kappa shape index (κ1) is 18.9. The van der Waals surface area contributed by atoms with Crippen molar-refractivity contribution >= 4 is 29.4 Å². The second kappa shape index (κ2) is 9.15. The van der Waals surface area contributed by atoms with Crippen LogP contribution in [0.5, 0.6) is 11.5 Å². The summed E-state index contributed by atoms with van der Waals surface area (Å²) in [6.45, 7) is 2.39. The molecular weight excluding hydrogens is 371 g/mol. The average Bonchev–Trinajstić information content (AvgIpc) is 2.67. The summed E-state index contributed by atoms with van der Waals surface area (Å²) in [5.74, 6) is 1.33. The monoisotopic (exact) mass is 392 g/mol. The smallest absolute Gasteiger partial charge is 0.161 e. The van der Waals surface area contributed by atoms with E-state index >= 15 is 0 Å². The number of rotatable bonds is 6. The zero-order valence-corrected chi connectivity index (χ0v) is 16.3. The number of methoxy groups -OCH3 is 1. The normalized spacial score (nSPS) is 14.7. The van der Waals surface area contributed by atoms with Crippen LogP contribution in [0.25, 0.3) is 0 Å². The third-order valence-corrected chi connectivity index (χ3v) is 4.88. The molecule has 2 aromatic carbocycles. The Hall–Kier alpha value is -1.91. The molecule has 0 spiro atoms. The van der Waals surface area contributed by atoms with Crippen LogP contribution >= 0.6 is 23.2 Å². The highest BCUT2D eigenvalue weighted by atomic mass is 35.5. The number of benzene rings is 2. The molecule has 1 heterocycles. The van der Waals surface area contributed by atoms with E-state index in [-0.39, 0.29) is 0 Å². The van der Waals surface area contributed by atoms with Gasteiger partial charge in [-0.25, -0.2) is 0 Å². The maximum Gasteiger partial charge on any atom is 0.161 e. The highest BCUT2D eigenvalue weighted by Crippen LogP contribution is 2.30. The van der Waals surface area contributed by atoms with Gasteiger partial charge in [-0.05, 0) is 55.2 Å². The lowest BCUT2D eigenvalue weighted by Crippen LogP contribution is -2.24. The number of ether oxygens (including phenoxy) is 2. The molecule has 2 aromatic rings. The van der Waals surface area contributed by atoms with E-state index in [9.17, 15) is 0 Å². The van der Waals surface area contributed by atoms with Gasteiger partial charge in [-0.2, -0.15) is 5.10 Å². The van der Waals surface area contributed by atoms with Crippen molar-refractivity contribution in [3.63, 3.8) is 0 Å². The van der Waals surface area contributed by atoms with Gasteiger partial charge in [-0.15, -0.1) is 0 Å². The molecule has 0 amide bonds. The Morgan fingerprint density at radius 3 is 2.58 bits per heavy atom. The number of hydrogen-bond acceptors (Lipinski definition) is 4. The van der Waals surface area contributed by atoms with E-state index in [1.807, 2.05) is 30.5 Å². The number of nitrogens with zero attached hydrogens (tertiary/aromatic N) is 2. The van der Waals surface area contributed by atoms with E-state index < -0.39 is 0 Å².